The van der Waals surface area contributed by atoms with Crippen molar-refractivity contribution < 1.29 is 18.8 Å². The van der Waals surface area contributed by atoms with Crippen molar-refractivity contribution in [1.29, 1.82) is 0 Å². The van der Waals surface area contributed by atoms with Crippen molar-refractivity contribution in [3.8, 4) is 0 Å². The van der Waals surface area contributed by atoms with Gasteiger partial charge in [0.2, 0.25) is 0 Å². The van der Waals surface area contributed by atoms with E-state index in [1.807, 2.05) is 4.90 Å². The van der Waals surface area contributed by atoms with E-state index in [-0.39, 0.29) is 16.8 Å². The number of aromatic nitrogens is 2. The van der Waals surface area contributed by atoms with E-state index < -0.39 is 22.7 Å². The molecule has 32 heavy (non-hydrogen) atoms. The number of aryl methyl sites for hydroxylation is 1. The van der Waals surface area contributed by atoms with Crippen molar-refractivity contribution in [1.82, 2.24) is 14.9 Å². The van der Waals surface area contributed by atoms with Crippen LogP contribution in [0.1, 0.15) is 27.8 Å². The summed E-state index contributed by atoms with van der Waals surface area (Å²) >= 11 is 0. The quantitative estimate of drug-likeness (QED) is 0.468. The number of hydrogen-bond acceptors (Lipinski definition) is 6. The number of anilines is 1. The molecule has 0 unspecified atom stereocenters. The number of ether oxygens (including phenoxy) is 1. The average Bonchev–Trinajstić information content (AvgIpc) is 3.23. The molecule has 0 aliphatic carbocycles. The van der Waals surface area contributed by atoms with E-state index in [4.69, 9.17) is 4.74 Å². The van der Waals surface area contributed by atoms with Gasteiger partial charge in [-0.05, 0) is 18.2 Å². The molecule has 1 fully saturated rings. The maximum Gasteiger partial charge on any atom is 0.293 e. The molecule has 1 amide bonds. The third-order valence-electron chi connectivity index (χ3n) is 5.39. The Morgan fingerprint density at radius 1 is 1.25 bits per heavy atom. The van der Waals surface area contributed by atoms with Gasteiger partial charge in [0.05, 0.1) is 18.1 Å². The number of nitrogens with one attached hydrogen (secondary N) is 1. The van der Waals surface area contributed by atoms with E-state index in [0.717, 1.165) is 0 Å². The molecule has 0 bridgehead atoms. The Morgan fingerprint density at radius 3 is 2.66 bits per heavy atom. The van der Waals surface area contributed by atoms with E-state index in [1.54, 1.807) is 48.3 Å². The van der Waals surface area contributed by atoms with Crippen molar-refractivity contribution in [2.45, 2.75) is 6.04 Å². The Hall–Kier alpha value is -3.79. The number of nitrogens with zero attached hydrogens (tertiary/aromatic N) is 4. The van der Waals surface area contributed by atoms with Crippen molar-refractivity contribution >= 4 is 17.3 Å². The molecule has 166 valence electrons. The first-order valence-corrected chi connectivity index (χ1v) is 10.1. The maximum atomic E-state index is 14.6. The number of hydrogen-bond donors (Lipinski definition) is 1. The van der Waals surface area contributed by atoms with Gasteiger partial charge in [-0.1, -0.05) is 18.2 Å². The number of carbonyl (C=O) groups is 1. The molecule has 0 spiro atoms. The summed E-state index contributed by atoms with van der Waals surface area (Å²) < 4.78 is 21.5. The van der Waals surface area contributed by atoms with E-state index in [2.05, 4.69) is 10.3 Å². The Balaban J connectivity index is 1.66. The van der Waals surface area contributed by atoms with Crippen molar-refractivity contribution in [2.75, 3.05) is 31.2 Å². The van der Waals surface area contributed by atoms with Gasteiger partial charge in [-0.2, -0.15) is 0 Å². The van der Waals surface area contributed by atoms with Gasteiger partial charge in [0.1, 0.15) is 23.4 Å². The zero-order chi connectivity index (χ0) is 22.7. The minimum atomic E-state index is -0.873. The number of carbonyl (C=O) groups excluding carboxylic acids is 1. The van der Waals surface area contributed by atoms with Gasteiger partial charge in [-0.3, -0.25) is 14.9 Å². The number of halogens is 1. The van der Waals surface area contributed by atoms with Crippen molar-refractivity contribution in [3.05, 3.63) is 87.7 Å². The monoisotopic (exact) mass is 439 g/mol. The lowest BCUT2D eigenvalue weighted by atomic mass is 10.0. The molecule has 1 aliphatic heterocycles. The van der Waals surface area contributed by atoms with Gasteiger partial charge in [0, 0.05) is 49.7 Å². The van der Waals surface area contributed by atoms with E-state index in [0.29, 0.717) is 37.8 Å². The zero-order valence-electron chi connectivity index (χ0n) is 17.4. The summed E-state index contributed by atoms with van der Waals surface area (Å²) in [5.41, 5.74) is 0.613. The third kappa shape index (κ3) is 4.30. The van der Waals surface area contributed by atoms with Gasteiger partial charge >= 0.3 is 0 Å². The first-order chi connectivity index (χ1) is 15.5. The first kappa shape index (κ1) is 21.4. The fourth-order valence-electron chi connectivity index (χ4n) is 3.74. The Labute approximate surface area is 183 Å². The van der Waals surface area contributed by atoms with Crippen molar-refractivity contribution in [2.24, 2.45) is 7.05 Å². The Kier molecular flexibility index (Phi) is 6.13. The predicted molar refractivity (Wildman–Crippen MR) is 115 cm³/mol. The maximum absolute atomic E-state index is 14.6. The second-order valence-corrected chi connectivity index (χ2v) is 7.38. The number of imidazole rings is 1. The number of rotatable bonds is 6. The number of morpholine rings is 1. The van der Waals surface area contributed by atoms with Crippen LogP contribution in [0.2, 0.25) is 0 Å². The van der Waals surface area contributed by atoms with Gasteiger partial charge in [-0.15, -0.1) is 0 Å². The number of benzene rings is 2. The summed E-state index contributed by atoms with van der Waals surface area (Å²) in [5, 5.41) is 14.5. The summed E-state index contributed by atoms with van der Waals surface area (Å²) in [6, 6.07) is 9.57. The van der Waals surface area contributed by atoms with Gasteiger partial charge in [-0.25, -0.2) is 9.37 Å². The minimum Gasteiger partial charge on any atom is -0.378 e. The fourth-order valence-corrected chi connectivity index (χ4v) is 3.74. The largest absolute Gasteiger partial charge is 0.378 e. The Morgan fingerprint density at radius 2 is 2.00 bits per heavy atom. The highest BCUT2D eigenvalue weighted by Gasteiger charge is 2.27. The van der Waals surface area contributed by atoms with Crippen LogP contribution in [-0.2, 0) is 11.8 Å². The summed E-state index contributed by atoms with van der Waals surface area (Å²) in [5.74, 6) is -0.629. The highest BCUT2D eigenvalue weighted by Crippen LogP contribution is 2.30. The van der Waals surface area contributed by atoms with E-state index in [9.17, 15) is 19.3 Å². The summed E-state index contributed by atoms with van der Waals surface area (Å²) in [6.45, 7) is 2.02. The Bertz CT molecular complexity index is 1140. The SMILES string of the molecule is Cn1ccnc1[C@H](NC(=O)c1ccc(N2CCOCC2)c([N+](=O)[O-])c1)c1ccccc1F. The lowest BCUT2D eigenvalue weighted by Gasteiger charge is -2.28. The number of amides is 1. The van der Waals surface area contributed by atoms with Gasteiger partial charge < -0.3 is 19.5 Å². The molecule has 1 saturated heterocycles. The molecule has 0 radical (unpaired) electrons. The molecule has 1 aromatic heterocycles. The topological polar surface area (TPSA) is 103 Å². The van der Waals surface area contributed by atoms with Crippen LogP contribution in [-0.4, -0.2) is 46.7 Å². The lowest BCUT2D eigenvalue weighted by molar-refractivity contribution is -0.384. The van der Waals surface area contributed by atoms with Gasteiger partial charge in [0.15, 0.2) is 0 Å². The van der Waals surface area contributed by atoms with Crippen LogP contribution >= 0.6 is 0 Å². The van der Waals surface area contributed by atoms with E-state index in [1.165, 1.54) is 18.2 Å². The molecule has 1 atom stereocenters. The number of nitro benzene ring substituents is 1. The van der Waals surface area contributed by atoms with Crippen LogP contribution in [0.15, 0.2) is 54.9 Å². The van der Waals surface area contributed by atoms with Crippen LogP contribution in [0.3, 0.4) is 0 Å². The summed E-state index contributed by atoms with van der Waals surface area (Å²) in [4.78, 5) is 30.4. The molecule has 1 N–H and O–H groups in total. The summed E-state index contributed by atoms with van der Waals surface area (Å²) in [6.07, 6.45) is 3.24. The van der Waals surface area contributed by atoms with Crippen LogP contribution in [0, 0.1) is 15.9 Å². The first-order valence-electron chi connectivity index (χ1n) is 10.1. The molecule has 9 nitrogen and oxygen atoms in total. The predicted octanol–water partition coefficient (Wildman–Crippen LogP) is 2.82. The van der Waals surface area contributed by atoms with Crippen molar-refractivity contribution in [3.63, 3.8) is 0 Å². The molecule has 2 heterocycles. The van der Waals surface area contributed by atoms with Crippen LogP contribution in [0.4, 0.5) is 15.8 Å². The standard InChI is InChI=1S/C22H22FN5O4/c1-26-9-8-24-21(26)20(16-4-2-3-5-17(16)23)25-22(29)15-6-7-18(19(14-15)28(30)31)27-10-12-32-13-11-27/h2-9,14,20H,10-13H2,1H3,(H,25,29)/t20-/m1/s1. The second-order valence-electron chi connectivity index (χ2n) is 7.38. The molecule has 10 heteroatoms. The minimum absolute atomic E-state index is 0.101. The molecular formula is C22H22FN5O4. The fraction of sp³-hybridized carbons (Fsp3) is 0.273. The highest BCUT2D eigenvalue weighted by atomic mass is 19.1. The lowest BCUT2D eigenvalue weighted by Crippen LogP contribution is -2.36. The molecule has 3 aromatic rings. The van der Waals surface area contributed by atoms with Crippen LogP contribution < -0.4 is 10.2 Å². The zero-order valence-corrected chi connectivity index (χ0v) is 17.4. The smallest absolute Gasteiger partial charge is 0.293 e. The molecule has 2 aromatic carbocycles. The third-order valence-corrected chi connectivity index (χ3v) is 5.39. The second kappa shape index (κ2) is 9.15. The normalized spacial score (nSPS) is 14.8. The van der Waals surface area contributed by atoms with Crippen LogP contribution in [0.25, 0.3) is 0 Å². The molecule has 1 aliphatic rings. The van der Waals surface area contributed by atoms with Gasteiger partial charge in [0.25, 0.3) is 11.6 Å². The highest BCUT2D eigenvalue weighted by molar-refractivity contribution is 5.96. The molecule has 0 saturated carbocycles. The summed E-state index contributed by atoms with van der Waals surface area (Å²) in [7, 11) is 1.74. The van der Waals surface area contributed by atoms with Crippen LogP contribution in [0.5, 0.6) is 0 Å². The average molecular weight is 439 g/mol. The molecular weight excluding hydrogens is 417 g/mol. The van der Waals surface area contributed by atoms with E-state index >= 15 is 0 Å². The molecule has 4 rings (SSSR count). The number of nitro groups is 1.